The van der Waals surface area contributed by atoms with Crippen LogP contribution in [0.15, 0.2) is 114 Å². The third-order valence-electron chi connectivity index (χ3n) is 7.02. The van der Waals surface area contributed by atoms with Gasteiger partial charge in [-0.1, -0.05) is 71.5 Å². The van der Waals surface area contributed by atoms with Gasteiger partial charge in [0.25, 0.3) is 5.56 Å². The predicted molar refractivity (Wildman–Crippen MR) is 171 cm³/mol. The predicted octanol–water partition coefficient (Wildman–Crippen LogP) is 6.76. The van der Waals surface area contributed by atoms with Gasteiger partial charge in [0, 0.05) is 27.9 Å². The van der Waals surface area contributed by atoms with E-state index in [9.17, 15) is 4.79 Å². The monoisotopic (exact) mass is 601 g/mol. The van der Waals surface area contributed by atoms with E-state index in [4.69, 9.17) is 21.4 Å². The Morgan fingerprint density at radius 3 is 2.33 bits per heavy atom. The molecule has 7 aromatic rings. The van der Waals surface area contributed by atoms with Gasteiger partial charge in [0.15, 0.2) is 5.82 Å². The Bertz CT molecular complexity index is 2170. The van der Waals surface area contributed by atoms with Gasteiger partial charge in [-0.2, -0.15) is 14.6 Å². The van der Waals surface area contributed by atoms with Gasteiger partial charge in [-0.15, -0.1) is 5.10 Å². The normalized spacial score (nSPS) is 11.8. The van der Waals surface area contributed by atoms with E-state index in [0.29, 0.717) is 26.9 Å². The van der Waals surface area contributed by atoms with Crippen molar-refractivity contribution in [1.82, 2.24) is 24.4 Å². The summed E-state index contributed by atoms with van der Waals surface area (Å²) in [6.07, 6.45) is 3.80. The zero-order valence-electron chi connectivity index (χ0n) is 23.0. The van der Waals surface area contributed by atoms with Gasteiger partial charge in [-0.25, -0.2) is 4.68 Å². The van der Waals surface area contributed by atoms with Crippen LogP contribution in [0.3, 0.4) is 0 Å². The van der Waals surface area contributed by atoms with Crippen molar-refractivity contribution in [2.45, 2.75) is 13.5 Å². The van der Waals surface area contributed by atoms with Crippen molar-refractivity contribution in [3.63, 3.8) is 0 Å². The van der Waals surface area contributed by atoms with Crippen LogP contribution >= 0.6 is 22.9 Å². The maximum atomic E-state index is 13.4. The summed E-state index contributed by atoms with van der Waals surface area (Å²) in [5.41, 5.74) is 6.06. The number of hydrogen-bond donors (Lipinski definition) is 0. The first-order valence-corrected chi connectivity index (χ1v) is 14.8. The maximum absolute atomic E-state index is 13.4. The van der Waals surface area contributed by atoms with Crippen molar-refractivity contribution < 1.29 is 4.74 Å². The molecular weight excluding hydrogens is 578 g/mol. The molecule has 0 bridgehead atoms. The summed E-state index contributed by atoms with van der Waals surface area (Å²) >= 11 is 7.31. The van der Waals surface area contributed by atoms with E-state index >= 15 is 0 Å². The van der Waals surface area contributed by atoms with E-state index in [0.717, 1.165) is 44.9 Å². The molecule has 0 unspecified atom stereocenters. The number of fused-ring (bicyclic) bond motifs is 1. The van der Waals surface area contributed by atoms with Gasteiger partial charge in [-0.3, -0.25) is 4.79 Å². The fourth-order valence-electron chi connectivity index (χ4n) is 4.82. The van der Waals surface area contributed by atoms with Crippen LogP contribution in [0.4, 0.5) is 0 Å². The molecule has 0 saturated carbocycles. The van der Waals surface area contributed by atoms with Crippen molar-refractivity contribution in [3.05, 3.63) is 146 Å². The molecule has 7 rings (SSSR count). The molecule has 9 heteroatoms. The number of halogens is 1. The van der Waals surface area contributed by atoms with E-state index in [-0.39, 0.29) is 5.56 Å². The van der Waals surface area contributed by atoms with Crippen LogP contribution in [0.2, 0.25) is 5.02 Å². The fraction of sp³-hybridized carbons (Fsp3) is 0.0588. The molecule has 0 saturated heterocycles. The Morgan fingerprint density at radius 2 is 1.60 bits per heavy atom. The number of aromatic nitrogens is 5. The molecule has 0 aliphatic heterocycles. The summed E-state index contributed by atoms with van der Waals surface area (Å²) in [4.78, 5) is 18.5. The zero-order chi connectivity index (χ0) is 29.3. The average Bonchev–Trinajstić information content (AvgIpc) is 3.73. The van der Waals surface area contributed by atoms with E-state index in [1.165, 1.54) is 15.9 Å². The molecule has 0 fully saturated rings. The van der Waals surface area contributed by atoms with Crippen LogP contribution in [-0.4, -0.2) is 24.4 Å². The quantitative estimate of drug-likeness (QED) is 0.202. The van der Waals surface area contributed by atoms with Gasteiger partial charge in [0.05, 0.1) is 10.2 Å². The number of rotatable bonds is 7. The number of hydrogen-bond acceptors (Lipinski definition) is 6. The van der Waals surface area contributed by atoms with Crippen LogP contribution in [0, 0.1) is 6.92 Å². The minimum absolute atomic E-state index is 0.230. The number of para-hydroxylation sites is 1. The van der Waals surface area contributed by atoms with Gasteiger partial charge >= 0.3 is 0 Å². The molecule has 0 radical (unpaired) electrons. The summed E-state index contributed by atoms with van der Waals surface area (Å²) in [7, 11) is 0. The molecule has 3 heterocycles. The van der Waals surface area contributed by atoms with Gasteiger partial charge < -0.3 is 4.74 Å². The Hall–Kier alpha value is -5.05. The van der Waals surface area contributed by atoms with Crippen LogP contribution in [0.1, 0.15) is 16.7 Å². The summed E-state index contributed by atoms with van der Waals surface area (Å²) in [5.74, 6) is 1.29. The maximum Gasteiger partial charge on any atom is 0.291 e. The van der Waals surface area contributed by atoms with Crippen LogP contribution < -0.4 is 14.8 Å². The van der Waals surface area contributed by atoms with Crippen molar-refractivity contribution >= 4 is 34.0 Å². The Labute approximate surface area is 255 Å². The minimum atomic E-state index is -0.230. The number of thiazole rings is 1. The highest BCUT2D eigenvalue weighted by atomic mass is 35.5. The van der Waals surface area contributed by atoms with Crippen molar-refractivity contribution in [2.24, 2.45) is 0 Å². The number of nitrogens with zero attached hydrogens (tertiary/aromatic N) is 5. The number of benzene rings is 4. The Balaban J connectivity index is 1.27. The first-order valence-electron chi connectivity index (χ1n) is 13.6. The van der Waals surface area contributed by atoms with E-state index < -0.39 is 0 Å². The first-order chi connectivity index (χ1) is 21.0. The van der Waals surface area contributed by atoms with Crippen LogP contribution in [0.25, 0.3) is 39.4 Å². The second-order valence-corrected chi connectivity index (χ2v) is 11.5. The summed E-state index contributed by atoms with van der Waals surface area (Å²) in [6.45, 7) is 2.51. The summed E-state index contributed by atoms with van der Waals surface area (Å²) in [6, 6.07) is 33.2. The molecule has 0 amide bonds. The molecule has 3 aromatic heterocycles. The van der Waals surface area contributed by atoms with Gasteiger partial charge in [-0.05, 0) is 78.7 Å². The minimum Gasteiger partial charge on any atom is -0.489 e. The molecule has 210 valence electrons. The number of ether oxygens (including phenoxy) is 1. The molecule has 0 spiro atoms. The zero-order valence-corrected chi connectivity index (χ0v) is 24.6. The average molecular weight is 602 g/mol. The first kappa shape index (κ1) is 26.8. The van der Waals surface area contributed by atoms with Crippen molar-refractivity contribution in [2.75, 3.05) is 0 Å². The third kappa shape index (κ3) is 5.46. The molecule has 4 aromatic carbocycles. The SMILES string of the molecule is Cc1cc(-c2nn(-c3ccccc3)cc2C=c2sc3nc(-c4ccc(Cl)cc4)nn3c2=O)ccc1OCc1ccccc1. The standard InChI is InChI=1S/C34H24ClN5O2S/c1-22-18-25(14-17-29(22)42-21-23-8-4-2-5-9-23)31-26(20-39(37-31)28-10-6-3-7-11-28)19-30-33(41)40-34(43-30)36-32(38-40)24-12-15-27(35)16-13-24/h2-20H,21H2,1H3. The fourth-order valence-corrected chi connectivity index (χ4v) is 5.85. The van der Waals surface area contributed by atoms with Gasteiger partial charge in [0.2, 0.25) is 4.96 Å². The molecular formula is C34H24ClN5O2S. The second kappa shape index (κ2) is 11.3. The van der Waals surface area contributed by atoms with Crippen LogP contribution in [-0.2, 0) is 6.61 Å². The van der Waals surface area contributed by atoms with E-state index in [1.807, 2.05) is 109 Å². The largest absolute Gasteiger partial charge is 0.489 e. The topological polar surface area (TPSA) is 74.3 Å². The van der Waals surface area contributed by atoms with E-state index in [1.54, 1.807) is 12.1 Å². The lowest BCUT2D eigenvalue weighted by atomic mass is 10.0. The lowest BCUT2D eigenvalue weighted by Crippen LogP contribution is -2.23. The van der Waals surface area contributed by atoms with Crippen molar-refractivity contribution in [3.8, 4) is 34.1 Å². The van der Waals surface area contributed by atoms with Crippen molar-refractivity contribution in [1.29, 1.82) is 0 Å². The molecule has 7 nitrogen and oxygen atoms in total. The van der Waals surface area contributed by atoms with Gasteiger partial charge in [0.1, 0.15) is 18.1 Å². The number of aryl methyl sites for hydroxylation is 1. The smallest absolute Gasteiger partial charge is 0.291 e. The molecule has 0 atom stereocenters. The Morgan fingerprint density at radius 1 is 0.884 bits per heavy atom. The lowest BCUT2D eigenvalue weighted by Gasteiger charge is -2.10. The summed E-state index contributed by atoms with van der Waals surface area (Å²) in [5, 5.41) is 10.0. The highest BCUT2D eigenvalue weighted by Crippen LogP contribution is 2.29. The molecule has 43 heavy (non-hydrogen) atoms. The molecule has 0 aliphatic carbocycles. The Kier molecular flexibility index (Phi) is 7.06. The van der Waals surface area contributed by atoms with Crippen LogP contribution in [0.5, 0.6) is 5.75 Å². The third-order valence-corrected chi connectivity index (χ3v) is 8.23. The summed E-state index contributed by atoms with van der Waals surface area (Å²) < 4.78 is 9.81. The second-order valence-electron chi connectivity index (χ2n) is 10.0. The molecule has 0 N–H and O–H groups in total. The van der Waals surface area contributed by atoms with E-state index in [2.05, 4.69) is 16.1 Å². The highest BCUT2D eigenvalue weighted by molar-refractivity contribution is 7.15. The highest BCUT2D eigenvalue weighted by Gasteiger charge is 2.16. The molecule has 0 aliphatic rings. The lowest BCUT2D eigenvalue weighted by molar-refractivity contribution is 0.304.